The summed E-state index contributed by atoms with van der Waals surface area (Å²) >= 11 is 0. The van der Waals surface area contributed by atoms with Crippen LogP contribution in [0.15, 0.2) is 48.5 Å². The monoisotopic (exact) mass is 257 g/mol. The molecule has 19 heavy (non-hydrogen) atoms. The molecule has 0 saturated carbocycles. The molecule has 3 heteroatoms. The minimum atomic E-state index is -0.189. The number of rotatable bonds is 2. The predicted octanol–water partition coefficient (Wildman–Crippen LogP) is 3.15. The summed E-state index contributed by atoms with van der Waals surface area (Å²) in [6.45, 7) is 2.47. The molecule has 2 aromatic rings. The minimum absolute atomic E-state index is 0.100. The van der Waals surface area contributed by atoms with E-state index in [1.165, 1.54) is 6.07 Å². The summed E-state index contributed by atoms with van der Waals surface area (Å²) < 4.78 is 19.4. The van der Waals surface area contributed by atoms with Crippen LogP contribution in [0.4, 0.5) is 4.39 Å². The van der Waals surface area contributed by atoms with Crippen LogP contribution in [0, 0.1) is 5.82 Å². The molecule has 3 rings (SSSR count). The molecule has 1 unspecified atom stereocenters. The number of ether oxygens (including phenoxy) is 1. The van der Waals surface area contributed by atoms with Crippen molar-refractivity contribution in [3.8, 4) is 11.1 Å². The molecule has 1 heterocycles. The fourth-order valence-corrected chi connectivity index (χ4v) is 2.35. The average molecular weight is 257 g/mol. The lowest BCUT2D eigenvalue weighted by Gasteiger charge is -2.24. The molecule has 1 N–H and O–H groups in total. The second-order valence-corrected chi connectivity index (χ2v) is 4.67. The van der Waals surface area contributed by atoms with E-state index in [4.69, 9.17) is 4.74 Å². The predicted molar refractivity (Wildman–Crippen MR) is 73.4 cm³/mol. The van der Waals surface area contributed by atoms with Crippen molar-refractivity contribution in [2.45, 2.75) is 6.10 Å². The Morgan fingerprint density at radius 2 is 1.84 bits per heavy atom. The van der Waals surface area contributed by atoms with Crippen molar-refractivity contribution in [2.75, 3.05) is 19.7 Å². The highest BCUT2D eigenvalue weighted by molar-refractivity contribution is 5.64. The molecule has 2 aromatic carbocycles. The number of benzene rings is 2. The molecule has 0 amide bonds. The highest BCUT2D eigenvalue weighted by Gasteiger charge is 2.15. The molecule has 0 spiro atoms. The van der Waals surface area contributed by atoms with Gasteiger partial charge in [0.15, 0.2) is 0 Å². The van der Waals surface area contributed by atoms with Gasteiger partial charge in [0.05, 0.1) is 12.7 Å². The summed E-state index contributed by atoms with van der Waals surface area (Å²) in [6, 6.07) is 14.8. The molecule has 1 aliphatic rings. The van der Waals surface area contributed by atoms with Crippen LogP contribution in [-0.4, -0.2) is 19.7 Å². The Kier molecular flexibility index (Phi) is 3.58. The van der Waals surface area contributed by atoms with Crippen LogP contribution in [0.3, 0.4) is 0 Å². The number of hydrogen-bond donors (Lipinski definition) is 1. The van der Waals surface area contributed by atoms with Crippen molar-refractivity contribution >= 4 is 0 Å². The normalized spacial score (nSPS) is 19.3. The molecule has 2 nitrogen and oxygen atoms in total. The zero-order valence-corrected chi connectivity index (χ0v) is 10.6. The van der Waals surface area contributed by atoms with Gasteiger partial charge in [-0.1, -0.05) is 42.5 Å². The Bertz CT molecular complexity index is 547. The highest BCUT2D eigenvalue weighted by atomic mass is 19.1. The molecule has 0 aromatic heterocycles. The first-order valence-corrected chi connectivity index (χ1v) is 6.52. The van der Waals surface area contributed by atoms with Crippen LogP contribution in [0.1, 0.15) is 11.7 Å². The van der Waals surface area contributed by atoms with Gasteiger partial charge in [-0.3, -0.25) is 0 Å². The van der Waals surface area contributed by atoms with Crippen LogP contribution in [-0.2, 0) is 4.74 Å². The van der Waals surface area contributed by atoms with E-state index in [9.17, 15) is 4.39 Å². The van der Waals surface area contributed by atoms with Crippen molar-refractivity contribution in [2.24, 2.45) is 0 Å². The fourth-order valence-electron chi connectivity index (χ4n) is 2.35. The summed E-state index contributed by atoms with van der Waals surface area (Å²) in [5.74, 6) is -0.189. The first-order valence-electron chi connectivity index (χ1n) is 6.52. The molecule has 1 aliphatic heterocycles. The third-order valence-electron chi connectivity index (χ3n) is 3.39. The molecular weight excluding hydrogens is 241 g/mol. The lowest BCUT2D eigenvalue weighted by atomic mass is 10.0. The Morgan fingerprint density at radius 3 is 2.53 bits per heavy atom. The van der Waals surface area contributed by atoms with Gasteiger partial charge in [0.1, 0.15) is 5.82 Å². The van der Waals surface area contributed by atoms with E-state index in [-0.39, 0.29) is 11.9 Å². The SMILES string of the molecule is Fc1ccccc1-c1ccc(C2CNCCO2)cc1. The maximum absolute atomic E-state index is 13.7. The summed E-state index contributed by atoms with van der Waals surface area (Å²) in [7, 11) is 0. The highest BCUT2D eigenvalue weighted by Crippen LogP contribution is 2.25. The number of hydrogen-bond acceptors (Lipinski definition) is 2. The van der Waals surface area contributed by atoms with Gasteiger partial charge in [-0.15, -0.1) is 0 Å². The average Bonchev–Trinajstić information content (AvgIpc) is 2.49. The largest absolute Gasteiger partial charge is 0.371 e. The Balaban J connectivity index is 1.84. The quantitative estimate of drug-likeness (QED) is 0.892. The molecule has 0 radical (unpaired) electrons. The molecular formula is C16H16FNO. The second-order valence-electron chi connectivity index (χ2n) is 4.67. The van der Waals surface area contributed by atoms with Crippen LogP contribution >= 0.6 is 0 Å². The van der Waals surface area contributed by atoms with E-state index < -0.39 is 0 Å². The molecule has 98 valence electrons. The van der Waals surface area contributed by atoms with Gasteiger partial charge in [0.25, 0.3) is 0 Å². The van der Waals surface area contributed by atoms with E-state index in [0.717, 1.165) is 30.8 Å². The Labute approximate surface area is 112 Å². The van der Waals surface area contributed by atoms with Gasteiger partial charge < -0.3 is 10.1 Å². The van der Waals surface area contributed by atoms with Gasteiger partial charge in [0.2, 0.25) is 0 Å². The fraction of sp³-hybridized carbons (Fsp3) is 0.250. The molecule has 1 saturated heterocycles. The summed E-state index contributed by atoms with van der Waals surface area (Å²) in [6.07, 6.45) is 0.100. The number of nitrogens with one attached hydrogen (secondary N) is 1. The summed E-state index contributed by atoms with van der Waals surface area (Å²) in [5, 5.41) is 3.30. The van der Waals surface area contributed by atoms with E-state index in [0.29, 0.717) is 5.56 Å². The van der Waals surface area contributed by atoms with Crippen LogP contribution in [0.25, 0.3) is 11.1 Å². The van der Waals surface area contributed by atoms with E-state index >= 15 is 0 Å². The van der Waals surface area contributed by atoms with Crippen molar-refractivity contribution in [3.05, 3.63) is 59.9 Å². The van der Waals surface area contributed by atoms with E-state index in [1.54, 1.807) is 12.1 Å². The summed E-state index contributed by atoms with van der Waals surface area (Å²) in [5.41, 5.74) is 2.66. The lowest BCUT2D eigenvalue weighted by molar-refractivity contribution is 0.0277. The van der Waals surface area contributed by atoms with Gasteiger partial charge in [-0.25, -0.2) is 4.39 Å². The van der Waals surface area contributed by atoms with Crippen molar-refractivity contribution in [1.29, 1.82) is 0 Å². The van der Waals surface area contributed by atoms with E-state index in [1.807, 2.05) is 30.3 Å². The Morgan fingerprint density at radius 1 is 1.05 bits per heavy atom. The molecule has 0 aliphatic carbocycles. The zero-order chi connectivity index (χ0) is 13.1. The smallest absolute Gasteiger partial charge is 0.131 e. The molecule has 0 bridgehead atoms. The molecule has 1 atom stereocenters. The van der Waals surface area contributed by atoms with Gasteiger partial charge in [-0.2, -0.15) is 0 Å². The first-order chi connectivity index (χ1) is 9.34. The van der Waals surface area contributed by atoms with Crippen molar-refractivity contribution < 1.29 is 9.13 Å². The zero-order valence-electron chi connectivity index (χ0n) is 10.6. The van der Waals surface area contributed by atoms with Crippen molar-refractivity contribution in [1.82, 2.24) is 5.32 Å². The Hall–Kier alpha value is -1.71. The number of halogens is 1. The van der Waals surface area contributed by atoms with Gasteiger partial charge in [-0.05, 0) is 17.2 Å². The maximum Gasteiger partial charge on any atom is 0.131 e. The minimum Gasteiger partial charge on any atom is -0.371 e. The van der Waals surface area contributed by atoms with Crippen LogP contribution < -0.4 is 5.32 Å². The number of morpholine rings is 1. The third kappa shape index (κ3) is 2.67. The van der Waals surface area contributed by atoms with Crippen molar-refractivity contribution in [3.63, 3.8) is 0 Å². The summed E-state index contributed by atoms with van der Waals surface area (Å²) in [4.78, 5) is 0. The maximum atomic E-state index is 13.7. The third-order valence-corrected chi connectivity index (χ3v) is 3.39. The standard InChI is InChI=1S/C16H16FNO/c17-15-4-2-1-3-14(15)12-5-7-13(8-6-12)16-11-18-9-10-19-16/h1-8,16,18H,9-11H2. The van der Waals surface area contributed by atoms with Gasteiger partial charge in [0, 0.05) is 18.7 Å². The second kappa shape index (κ2) is 5.51. The topological polar surface area (TPSA) is 21.3 Å². The van der Waals surface area contributed by atoms with Gasteiger partial charge >= 0.3 is 0 Å². The van der Waals surface area contributed by atoms with E-state index in [2.05, 4.69) is 5.32 Å². The lowest BCUT2D eigenvalue weighted by Crippen LogP contribution is -2.33. The van der Waals surface area contributed by atoms with Crippen LogP contribution in [0.2, 0.25) is 0 Å². The van der Waals surface area contributed by atoms with Crippen LogP contribution in [0.5, 0.6) is 0 Å². The first kappa shape index (κ1) is 12.3. The molecule has 1 fully saturated rings.